The first kappa shape index (κ1) is 14.9. The van der Waals surface area contributed by atoms with Crippen molar-refractivity contribution in [2.75, 3.05) is 0 Å². The molecule has 102 valence electrons. The fourth-order valence-electron chi connectivity index (χ4n) is 1.27. The van der Waals surface area contributed by atoms with Crippen LogP contribution in [0.2, 0.25) is 0 Å². The molecule has 5 nitrogen and oxygen atoms in total. The third kappa shape index (κ3) is 4.91. The van der Waals surface area contributed by atoms with E-state index in [9.17, 15) is 9.59 Å². The van der Waals surface area contributed by atoms with Crippen LogP contribution in [0.1, 0.15) is 43.2 Å². The third-order valence-electron chi connectivity index (χ3n) is 2.77. The smallest absolute Gasteiger partial charge is 0.328 e. The zero-order valence-electron chi connectivity index (χ0n) is 11.3. The number of carbonyl (C=O) groups is 2. The lowest BCUT2D eigenvalue weighted by Gasteiger charge is -2.24. The molecule has 0 aliphatic carbocycles. The molecule has 0 saturated heterocycles. The normalized spacial score (nSPS) is 11.5. The van der Waals surface area contributed by atoms with E-state index in [0.29, 0.717) is 11.3 Å². The summed E-state index contributed by atoms with van der Waals surface area (Å²) in [6.07, 6.45) is 4.73. The molecule has 5 heteroatoms. The first-order valence-electron chi connectivity index (χ1n) is 6.03. The fourth-order valence-corrected chi connectivity index (χ4v) is 1.27. The zero-order valence-corrected chi connectivity index (χ0v) is 11.3. The molecule has 0 radical (unpaired) electrons. The Bertz CT molecular complexity index is 490. The van der Waals surface area contributed by atoms with E-state index in [1.807, 2.05) is 20.8 Å². The van der Waals surface area contributed by atoms with E-state index in [1.165, 1.54) is 12.3 Å². The van der Waals surface area contributed by atoms with Crippen LogP contribution in [0, 0.1) is 0 Å². The summed E-state index contributed by atoms with van der Waals surface area (Å²) < 4.78 is 0. The molecule has 0 spiro atoms. The van der Waals surface area contributed by atoms with Gasteiger partial charge in [-0.3, -0.25) is 9.78 Å². The zero-order chi connectivity index (χ0) is 14.5. The van der Waals surface area contributed by atoms with Gasteiger partial charge in [0.15, 0.2) is 0 Å². The Labute approximate surface area is 112 Å². The van der Waals surface area contributed by atoms with Gasteiger partial charge in [-0.25, -0.2) is 4.79 Å². The SMILES string of the molecule is CCC(C)(C)NC(=O)c1ccc(C=CC(=O)O)cn1. The Morgan fingerprint density at radius 1 is 1.42 bits per heavy atom. The van der Waals surface area contributed by atoms with E-state index >= 15 is 0 Å². The fraction of sp³-hybridized carbons (Fsp3) is 0.357. The number of rotatable bonds is 5. The molecule has 0 aliphatic rings. The van der Waals surface area contributed by atoms with Crippen molar-refractivity contribution >= 4 is 18.0 Å². The van der Waals surface area contributed by atoms with Crippen molar-refractivity contribution in [2.24, 2.45) is 0 Å². The average Bonchev–Trinajstić information content (AvgIpc) is 2.36. The molecule has 0 bridgehead atoms. The lowest BCUT2D eigenvalue weighted by atomic mass is 10.0. The maximum absolute atomic E-state index is 11.9. The van der Waals surface area contributed by atoms with Gasteiger partial charge in [0.05, 0.1) is 0 Å². The minimum atomic E-state index is -1.02. The van der Waals surface area contributed by atoms with Crippen molar-refractivity contribution < 1.29 is 14.7 Å². The molecule has 2 N–H and O–H groups in total. The molecule has 1 rings (SSSR count). The number of hydrogen-bond acceptors (Lipinski definition) is 3. The number of carboxylic acids is 1. The van der Waals surface area contributed by atoms with E-state index in [2.05, 4.69) is 10.3 Å². The molecular weight excluding hydrogens is 244 g/mol. The van der Waals surface area contributed by atoms with Crippen molar-refractivity contribution in [1.29, 1.82) is 0 Å². The minimum absolute atomic E-state index is 0.236. The quantitative estimate of drug-likeness (QED) is 0.796. The molecule has 0 unspecified atom stereocenters. The number of carboxylic acid groups (broad SMARTS) is 1. The first-order chi connectivity index (χ1) is 8.84. The van der Waals surface area contributed by atoms with Gasteiger partial charge in [-0.1, -0.05) is 13.0 Å². The van der Waals surface area contributed by atoms with Crippen LogP contribution in [-0.2, 0) is 4.79 Å². The van der Waals surface area contributed by atoms with E-state index in [0.717, 1.165) is 12.5 Å². The summed E-state index contributed by atoms with van der Waals surface area (Å²) in [5.74, 6) is -1.26. The second kappa shape index (κ2) is 6.13. The highest BCUT2D eigenvalue weighted by atomic mass is 16.4. The molecule has 0 atom stereocenters. The second-order valence-corrected chi connectivity index (χ2v) is 4.84. The van der Waals surface area contributed by atoms with Crippen LogP contribution in [0.5, 0.6) is 0 Å². The van der Waals surface area contributed by atoms with Crippen molar-refractivity contribution in [3.8, 4) is 0 Å². The van der Waals surface area contributed by atoms with Crippen LogP contribution in [0.25, 0.3) is 6.08 Å². The van der Waals surface area contributed by atoms with Crippen molar-refractivity contribution in [1.82, 2.24) is 10.3 Å². The van der Waals surface area contributed by atoms with Gasteiger partial charge in [0.1, 0.15) is 5.69 Å². The molecule has 1 heterocycles. The summed E-state index contributed by atoms with van der Waals surface area (Å²) in [5.41, 5.74) is 0.670. The summed E-state index contributed by atoms with van der Waals surface area (Å²) in [4.78, 5) is 26.3. The maximum atomic E-state index is 11.9. The van der Waals surface area contributed by atoms with Gasteiger partial charge in [-0.15, -0.1) is 0 Å². The second-order valence-electron chi connectivity index (χ2n) is 4.84. The minimum Gasteiger partial charge on any atom is -0.478 e. The topological polar surface area (TPSA) is 79.3 Å². The first-order valence-corrected chi connectivity index (χ1v) is 6.03. The number of hydrogen-bond donors (Lipinski definition) is 2. The van der Waals surface area contributed by atoms with E-state index < -0.39 is 5.97 Å². The Hall–Kier alpha value is -2.17. The van der Waals surface area contributed by atoms with Gasteiger partial charge in [-0.2, -0.15) is 0 Å². The predicted octanol–water partition coefficient (Wildman–Crippen LogP) is 2.10. The number of aliphatic carboxylic acids is 1. The molecular formula is C14H18N2O3. The van der Waals surface area contributed by atoms with Gasteiger partial charge >= 0.3 is 5.97 Å². The summed E-state index contributed by atoms with van der Waals surface area (Å²) in [7, 11) is 0. The monoisotopic (exact) mass is 262 g/mol. The van der Waals surface area contributed by atoms with E-state index in [-0.39, 0.29) is 11.4 Å². The lowest BCUT2D eigenvalue weighted by molar-refractivity contribution is -0.131. The van der Waals surface area contributed by atoms with Crippen LogP contribution >= 0.6 is 0 Å². The number of aromatic nitrogens is 1. The highest BCUT2D eigenvalue weighted by molar-refractivity contribution is 5.93. The Balaban J connectivity index is 2.76. The predicted molar refractivity (Wildman–Crippen MR) is 72.7 cm³/mol. The molecule has 0 aromatic carbocycles. The lowest BCUT2D eigenvalue weighted by Crippen LogP contribution is -2.43. The Kier molecular flexibility index (Phi) is 4.80. The van der Waals surface area contributed by atoms with Gasteiger partial charge in [0.25, 0.3) is 5.91 Å². The highest BCUT2D eigenvalue weighted by Gasteiger charge is 2.19. The molecule has 1 amide bonds. The van der Waals surface area contributed by atoms with Crippen LogP contribution in [0.15, 0.2) is 24.4 Å². The largest absolute Gasteiger partial charge is 0.478 e. The van der Waals surface area contributed by atoms with Crippen molar-refractivity contribution in [2.45, 2.75) is 32.7 Å². The van der Waals surface area contributed by atoms with Gasteiger partial charge in [-0.05, 0) is 38.0 Å². The summed E-state index contributed by atoms with van der Waals surface area (Å²) in [5, 5.41) is 11.4. The average molecular weight is 262 g/mol. The van der Waals surface area contributed by atoms with Gasteiger partial charge in [0, 0.05) is 17.8 Å². The Morgan fingerprint density at radius 3 is 2.58 bits per heavy atom. The van der Waals surface area contributed by atoms with Gasteiger partial charge in [0.2, 0.25) is 0 Å². The number of pyridine rings is 1. The molecule has 0 aliphatic heterocycles. The van der Waals surface area contributed by atoms with Crippen molar-refractivity contribution in [3.63, 3.8) is 0 Å². The summed E-state index contributed by atoms with van der Waals surface area (Å²) in [6, 6.07) is 3.23. The van der Waals surface area contributed by atoms with Crippen LogP contribution in [-0.4, -0.2) is 27.5 Å². The van der Waals surface area contributed by atoms with E-state index in [1.54, 1.807) is 12.1 Å². The molecule has 0 saturated carbocycles. The molecule has 19 heavy (non-hydrogen) atoms. The highest BCUT2D eigenvalue weighted by Crippen LogP contribution is 2.09. The number of nitrogens with one attached hydrogen (secondary N) is 1. The number of amides is 1. The third-order valence-corrected chi connectivity index (χ3v) is 2.77. The number of carbonyl (C=O) groups excluding carboxylic acids is 1. The van der Waals surface area contributed by atoms with Crippen molar-refractivity contribution in [3.05, 3.63) is 35.7 Å². The van der Waals surface area contributed by atoms with E-state index in [4.69, 9.17) is 5.11 Å². The molecule has 1 aromatic rings. The van der Waals surface area contributed by atoms with Crippen LogP contribution in [0.3, 0.4) is 0 Å². The summed E-state index contributed by atoms with van der Waals surface area (Å²) in [6.45, 7) is 5.87. The van der Waals surface area contributed by atoms with Gasteiger partial charge < -0.3 is 10.4 Å². The standard InChI is InChI=1S/C14H18N2O3/c1-4-14(2,3)16-13(19)11-7-5-10(9-15-11)6-8-12(17)18/h5-9H,4H2,1-3H3,(H,16,19)(H,17,18). The Morgan fingerprint density at radius 2 is 2.11 bits per heavy atom. The molecule has 0 fully saturated rings. The van der Waals surface area contributed by atoms with Crippen LogP contribution < -0.4 is 5.32 Å². The summed E-state index contributed by atoms with van der Waals surface area (Å²) >= 11 is 0. The maximum Gasteiger partial charge on any atom is 0.328 e. The van der Waals surface area contributed by atoms with Crippen LogP contribution in [0.4, 0.5) is 0 Å². The molecule has 1 aromatic heterocycles. The number of nitrogens with zero attached hydrogens (tertiary/aromatic N) is 1.